The van der Waals surface area contributed by atoms with E-state index in [4.69, 9.17) is 0 Å². The van der Waals surface area contributed by atoms with Gasteiger partial charge in [-0.05, 0) is 26.0 Å². The van der Waals surface area contributed by atoms with Crippen molar-refractivity contribution in [3.05, 3.63) is 42.0 Å². The van der Waals surface area contributed by atoms with E-state index in [9.17, 15) is 13.2 Å². The number of carbonyl (C=O) groups excluding carboxylic acids is 1. The molecule has 0 heterocycles. The molecule has 1 aromatic rings. The number of amides is 1. The molecule has 1 N–H and O–H groups in total. The molecule has 0 atom stereocenters. The zero-order valence-corrected chi connectivity index (χ0v) is 9.97. The average Bonchev–Trinajstić information content (AvgIpc) is 2.17. The van der Waals surface area contributed by atoms with Crippen LogP contribution in [0, 0.1) is 6.92 Å². The van der Waals surface area contributed by atoms with Gasteiger partial charge in [-0.15, -0.1) is 0 Å². The first kappa shape index (κ1) is 12.4. The molecule has 0 aliphatic heterocycles. The van der Waals surface area contributed by atoms with Crippen LogP contribution in [0.15, 0.2) is 41.3 Å². The molecule has 1 aromatic carbocycles. The SMILES string of the molecule is C=C(C)C(=O)NS(=O)(=O)c1ccc(C)cc1. The monoisotopic (exact) mass is 239 g/mol. The first-order chi connectivity index (χ1) is 7.33. The van der Waals surface area contributed by atoms with Gasteiger partial charge in [-0.2, -0.15) is 0 Å². The lowest BCUT2D eigenvalue weighted by Gasteiger charge is -2.06. The van der Waals surface area contributed by atoms with E-state index in [1.54, 1.807) is 12.1 Å². The van der Waals surface area contributed by atoms with E-state index in [0.717, 1.165) is 5.56 Å². The highest BCUT2D eigenvalue weighted by Gasteiger charge is 2.17. The Hall–Kier alpha value is -1.62. The van der Waals surface area contributed by atoms with E-state index >= 15 is 0 Å². The maximum Gasteiger partial charge on any atom is 0.264 e. The first-order valence-corrected chi connectivity index (χ1v) is 6.10. The van der Waals surface area contributed by atoms with Crippen LogP contribution >= 0.6 is 0 Å². The van der Waals surface area contributed by atoms with Crippen LogP contribution in [0.25, 0.3) is 0 Å². The fourth-order valence-electron chi connectivity index (χ4n) is 0.985. The standard InChI is InChI=1S/C11H13NO3S/c1-8(2)11(13)12-16(14,15)10-6-4-9(3)5-7-10/h4-7H,1H2,2-3H3,(H,12,13). The Bertz CT molecular complexity index is 515. The predicted octanol–water partition coefficient (Wildman–Crippen LogP) is 1.38. The molecule has 16 heavy (non-hydrogen) atoms. The van der Waals surface area contributed by atoms with Crippen LogP contribution in [0.5, 0.6) is 0 Å². The van der Waals surface area contributed by atoms with Gasteiger partial charge in [0.25, 0.3) is 15.9 Å². The van der Waals surface area contributed by atoms with Gasteiger partial charge in [-0.3, -0.25) is 4.79 Å². The quantitative estimate of drug-likeness (QED) is 0.810. The number of hydrogen-bond acceptors (Lipinski definition) is 3. The zero-order valence-electron chi connectivity index (χ0n) is 9.15. The summed E-state index contributed by atoms with van der Waals surface area (Å²) in [5, 5.41) is 0. The highest BCUT2D eigenvalue weighted by Crippen LogP contribution is 2.10. The molecule has 0 bridgehead atoms. The van der Waals surface area contributed by atoms with Gasteiger partial charge in [0, 0.05) is 5.57 Å². The van der Waals surface area contributed by atoms with Gasteiger partial charge in [0.1, 0.15) is 0 Å². The molecule has 0 fully saturated rings. The lowest BCUT2D eigenvalue weighted by molar-refractivity contribution is -0.115. The molecule has 1 amide bonds. The summed E-state index contributed by atoms with van der Waals surface area (Å²) in [6, 6.07) is 6.23. The fourth-order valence-corrected chi connectivity index (χ4v) is 2.02. The third-order valence-corrected chi connectivity index (χ3v) is 3.29. The molecule has 0 aliphatic carbocycles. The second-order valence-electron chi connectivity index (χ2n) is 3.53. The molecule has 86 valence electrons. The Morgan fingerprint density at radius 1 is 1.25 bits per heavy atom. The summed E-state index contributed by atoms with van der Waals surface area (Å²) < 4.78 is 25.3. The summed E-state index contributed by atoms with van der Waals surface area (Å²) in [7, 11) is -3.78. The van der Waals surface area contributed by atoms with Crippen molar-refractivity contribution in [3.8, 4) is 0 Å². The van der Waals surface area contributed by atoms with Crippen molar-refractivity contribution < 1.29 is 13.2 Å². The van der Waals surface area contributed by atoms with E-state index in [1.165, 1.54) is 19.1 Å². The van der Waals surface area contributed by atoms with Gasteiger partial charge in [-0.25, -0.2) is 13.1 Å². The third kappa shape index (κ3) is 2.93. The number of hydrogen-bond donors (Lipinski definition) is 1. The number of rotatable bonds is 3. The average molecular weight is 239 g/mol. The largest absolute Gasteiger partial charge is 0.269 e. The molecule has 0 saturated carbocycles. The number of sulfonamides is 1. The smallest absolute Gasteiger partial charge is 0.264 e. The molecule has 5 heteroatoms. The van der Waals surface area contributed by atoms with Gasteiger partial charge in [-0.1, -0.05) is 24.3 Å². The van der Waals surface area contributed by atoms with Crippen LogP contribution in [-0.2, 0) is 14.8 Å². The molecule has 0 aliphatic rings. The molecule has 0 spiro atoms. The van der Waals surface area contributed by atoms with Crippen molar-refractivity contribution >= 4 is 15.9 Å². The minimum atomic E-state index is -3.78. The van der Waals surface area contributed by atoms with Crippen molar-refractivity contribution in [1.29, 1.82) is 0 Å². The Morgan fingerprint density at radius 3 is 2.19 bits per heavy atom. The van der Waals surface area contributed by atoms with Crippen LogP contribution in [0.2, 0.25) is 0 Å². The van der Waals surface area contributed by atoms with Crippen LogP contribution < -0.4 is 4.72 Å². The lowest BCUT2D eigenvalue weighted by Crippen LogP contribution is -2.30. The van der Waals surface area contributed by atoms with Crippen LogP contribution in [-0.4, -0.2) is 14.3 Å². The van der Waals surface area contributed by atoms with Gasteiger partial charge >= 0.3 is 0 Å². The Morgan fingerprint density at radius 2 is 1.75 bits per heavy atom. The minimum absolute atomic E-state index is 0.0627. The van der Waals surface area contributed by atoms with Crippen molar-refractivity contribution in [2.45, 2.75) is 18.7 Å². The second kappa shape index (κ2) is 4.49. The molecule has 0 saturated heterocycles. The van der Waals surface area contributed by atoms with Crippen LogP contribution in [0.4, 0.5) is 0 Å². The van der Waals surface area contributed by atoms with E-state index in [-0.39, 0.29) is 10.5 Å². The van der Waals surface area contributed by atoms with E-state index in [0.29, 0.717) is 0 Å². The molecule has 0 unspecified atom stereocenters. The van der Waals surface area contributed by atoms with Crippen LogP contribution in [0.3, 0.4) is 0 Å². The normalized spacial score (nSPS) is 10.9. The summed E-state index contributed by atoms with van der Waals surface area (Å²) in [6.07, 6.45) is 0. The first-order valence-electron chi connectivity index (χ1n) is 4.62. The van der Waals surface area contributed by atoms with E-state index in [1.807, 2.05) is 11.6 Å². The highest BCUT2D eigenvalue weighted by atomic mass is 32.2. The maximum atomic E-state index is 11.7. The summed E-state index contributed by atoms with van der Waals surface area (Å²) in [5.41, 5.74) is 1.10. The number of aryl methyl sites for hydroxylation is 1. The van der Waals surface area contributed by atoms with Crippen molar-refractivity contribution in [3.63, 3.8) is 0 Å². The maximum absolute atomic E-state index is 11.7. The Labute approximate surface area is 95.0 Å². The zero-order chi connectivity index (χ0) is 12.3. The summed E-state index contributed by atoms with van der Waals surface area (Å²) in [5.74, 6) is -0.694. The minimum Gasteiger partial charge on any atom is -0.269 e. The summed E-state index contributed by atoms with van der Waals surface area (Å²) in [6.45, 7) is 6.67. The van der Waals surface area contributed by atoms with Crippen molar-refractivity contribution in [1.82, 2.24) is 4.72 Å². The van der Waals surface area contributed by atoms with Gasteiger partial charge in [0.15, 0.2) is 0 Å². The van der Waals surface area contributed by atoms with E-state index in [2.05, 4.69) is 6.58 Å². The third-order valence-electron chi connectivity index (χ3n) is 1.95. The van der Waals surface area contributed by atoms with Crippen molar-refractivity contribution in [2.24, 2.45) is 0 Å². The van der Waals surface area contributed by atoms with Crippen LogP contribution in [0.1, 0.15) is 12.5 Å². The Kier molecular flexibility index (Phi) is 3.49. The fraction of sp³-hybridized carbons (Fsp3) is 0.182. The lowest BCUT2D eigenvalue weighted by atomic mass is 10.2. The van der Waals surface area contributed by atoms with E-state index < -0.39 is 15.9 Å². The van der Waals surface area contributed by atoms with Gasteiger partial charge in [0.05, 0.1) is 4.90 Å². The molecular formula is C11H13NO3S. The Balaban J connectivity index is 2.99. The van der Waals surface area contributed by atoms with Gasteiger partial charge in [0.2, 0.25) is 0 Å². The molecule has 0 aromatic heterocycles. The number of nitrogens with one attached hydrogen (secondary N) is 1. The van der Waals surface area contributed by atoms with Crippen molar-refractivity contribution in [2.75, 3.05) is 0 Å². The molecule has 0 radical (unpaired) electrons. The van der Waals surface area contributed by atoms with Gasteiger partial charge < -0.3 is 0 Å². The summed E-state index contributed by atoms with van der Waals surface area (Å²) >= 11 is 0. The second-order valence-corrected chi connectivity index (χ2v) is 5.21. The summed E-state index contributed by atoms with van der Waals surface area (Å²) in [4.78, 5) is 11.3. The number of carbonyl (C=O) groups is 1. The highest BCUT2D eigenvalue weighted by molar-refractivity contribution is 7.90. The predicted molar refractivity (Wildman–Crippen MR) is 61.3 cm³/mol. The topological polar surface area (TPSA) is 63.2 Å². The number of benzene rings is 1. The molecule has 4 nitrogen and oxygen atoms in total. The molecule has 1 rings (SSSR count). The molecular weight excluding hydrogens is 226 g/mol.